The molecule has 0 saturated carbocycles. The molecule has 3 aromatic carbocycles. The van der Waals surface area contributed by atoms with Crippen LogP contribution in [0.4, 0.5) is 0 Å². The van der Waals surface area contributed by atoms with Gasteiger partial charge < -0.3 is 0 Å². The number of nitrogens with zero attached hydrogens (tertiary/aromatic N) is 3. The summed E-state index contributed by atoms with van der Waals surface area (Å²) in [4.78, 5) is 4.75. The SMILES string of the molecule is c1ccc2cn3nc(-c4ccc(-c5nc6ccccc6s5)cc4)cc3cc2c1. The van der Waals surface area contributed by atoms with E-state index >= 15 is 0 Å². The van der Waals surface area contributed by atoms with Crippen molar-refractivity contribution in [3.8, 4) is 21.8 Å². The third-order valence-corrected chi connectivity index (χ3v) is 6.13. The Morgan fingerprint density at radius 3 is 2.32 bits per heavy atom. The highest BCUT2D eigenvalue weighted by atomic mass is 32.1. The Labute approximate surface area is 165 Å². The van der Waals surface area contributed by atoms with Gasteiger partial charge in [0.15, 0.2) is 0 Å². The quantitative estimate of drug-likeness (QED) is 0.348. The van der Waals surface area contributed by atoms with Crippen molar-refractivity contribution in [1.29, 1.82) is 0 Å². The second-order valence-corrected chi connectivity index (χ2v) is 7.90. The Morgan fingerprint density at radius 2 is 1.46 bits per heavy atom. The van der Waals surface area contributed by atoms with Crippen LogP contribution in [-0.2, 0) is 0 Å². The van der Waals surface area contributed by atoms with E-state index < -0.39 is 0 Å². The predicted molar refractivity (Wildman–Crippen MR) is 117 cm³/mol. The molecule has 0 fully saturated rings. The normalized spacial score (nSPS) is 11.6. The van der Waals surface area contributed by atoms with Crippen LogP contribution in [-0.4, -0.2) is 14.6 Å². The fraction of sp³-hybridized carbons (Fsp3) is 0. The van der Waals surface area contributed by atoms with Crippen molar-refractivity contribution in [2.45, 2.75) is 0 Å². The minimum Gasteiger partial charge on any atom is -0.240 e. The van der Waals surface area contributed by atoms with Crippen molar-refractivity contribution in [2.75, 3.05) is 0 Å². The molecule has 0 spiro atoms. The minimum atomic E-state index is 0.978. The molecule has 0 radical (unpaired) electrons. The number of para-hydroxylation sites is 1. The van der Waals surface area contributed by atoms with Gasteiger partial charge in [-0.15, -0.1) is 11.3 Å². The summed E-state index contributed by atoms with van der Waals surface area (Å²) in [7, 11) is 0. The number of rotatable bonds is 2. The van der Waals surface area contributed by atoms with Crippen molar-refractivity contribution < 1.29 is 0 Å². The summed E-state index contributed by atoms with van der Waals surface area (Å²) in [6.45, 7) is 0. The molecular weight excluding hydrogens is 362 g/mol. The molecule has 0 unspecified atom stereocenters. The van der Waals surface area contributed by atoms with Crippen LogP contribution in [0.15, 0.2) is 91.1 Å². The Hall–Kier alpha value is -3.50. The zero-order chi connectivity index (χ0) is 18.5. The number of thiazole rings is 1. The molecule has 0 aliphatic rings. The van der Waals surface area contributed by atoms with Crippen LogP contribution < -0.4 is 0 Å². The molecule has 6 aromatic rings. The Kier molecular flexibility index (Phi) is 3.34. The highest BCUT2D eigenvalue weighted by Gasteiger charge is 2.09. The van der Waals surface area contributed by atoms with E-state index in [1.807, 2.05) is 10.6 Å². The lowest BCUT2D eigenvalue weighted by Gasteiger charge is -1.99. The van der Waals surface area contributed by atoms with Crippen LogP contribution in [0.2, 0.25) is 0 Å². The fourth-order valence-corrected chi connectivity index (χ4v) is 4.56. The maximum atomic E-state index is 4.77. The van der Waals surface area contributed by atoms with E-state index in [0.717, 1.165) is 32.9 Å². The molecule has 6 rings (SSSR count). The number of hydrogen-bond acceptors (Lipinski definition) is 3. The highest BCUT2D eigenvalue weighted by molar-refractivity contribution is 7.21. The zero-order valence-electron chi connectivity index (χ0n) is 14.9. The molecule has 28 heavy (non-hydrogen) atoms. The molecule has 4 heteroatoms. The summed E-state index contributed by atoms with van der Waals surface area (Å²) in [5.41, 5.74) is 5.38. The van der Waals surface area contributed by atoms with Gasteiger partial charge in [-0.3, -0.25) is 0 Å². The Bertz CT molecular complexity index is 1370. The molecule has 0 saturated heterocycles. The summed E-state index contributed by atoms with van der Waals surface area (Å²) < 4.78 is 3.17. The average Bonchev–Trinajstić information content (AvgIpc) is 3.36. The van der Waals surface area contributed by atoms with E-state index in [2.05, 4.69) is 85.1 Å². The molecule has 0 bridgehead atoms. The number of hydrogen-bond donors (Lipinski definition) is 0. The monoisotopic (exact) mass is 377 g/mol. The zero-order valence-corrected chi connectivity index (χ0v) is 15.7. The van der Waals surface area contributed by atoms with Crippen LogP contribution in [0.5, 0.6) is 0 Å². The lowest BCUT2D eigenvalue weighted by atomic mass is 10.1. The third kappa shape index (κ3) is 2.50. The minimum absolute atomic E-state index is 0.978. The van der Waals surface area contributed by atoms with Crippen molar-refractivity contribution in [3.05, 3.63) is 91.1 Å². The molecule has 3 aromatic heterocycles. The molecule has 3 heterocycles. The van der Waals surface area contributed by atoms with Gasteiger partial charge in [-0.05, 0) is 29.7 Å². The van der Waals surface area contributed by atoms with Crippen molar-refractivity contribution >= 4 is 37.8 Å². The van der Waals surface area contributed by atoms with E-state index in [1.165, 1.54) is 15.5 Å². The summed E-state index contributed by atoms with van der Waals surface area (Å²) in [6, 6.07) is 29.5. The Morgan fingerprint density at radius 1 is 0.714 bits per heavy atom. The number of pyridine rings is 1. The van der Waals surface area contributed by atoms with Gasteiger partial charge in [0.25, 0.3) is 0 Å². The van der Waals surface area contributed by atoms with Gasteiger partial charge in [-0.1, -0.05) is 60.7 Å². The molecule has 0 atom stereocenters. The first-order chi connectivity index (χ1) is 13.8. The smallest absolute Gasteiger partial charge is 0.124 e. The molecular formula is C24H15N3S. The van der Waals surface area contributed by atoms with Crippen LogP contribution >= 0.6 is 11.3 Å². The van der Waals surface area contributed by atoms with Gasteiger partial charge in [0.2, 0.25) is 0 Å². The van der Waals surface area contributed by atoms with Crippen LogP contribution in [0.1, 0.15) is 0 Å². The van der Waals surface area contributed by atoms with E-state index in [1.54, 1.807) is 11.3 Å². The van der Waals surface area contributed by atoms with Crippen molar-refractivity contribution in [1.82, 2.24) is 14.6 Å². The van der Waals surface area contributed by atoms with Crippen molar-refractivity contribution in [3.63, 3.8) is 0 Å². The lowest BCUT2D eigenvalue weighted by Crippen LogP contribution is -1.87. The summed E-state index contributed by atoms with van der Waals surface area (Å²) in [5.74, 6) is 0. The van der Waals surface area contributed by atoms with E-state index in [4.69, 9.17) is 10.1 Å². The standard InChI is InChI=1S/C24H15N3S/c1-2-6-19-15-27-20(13-18(19)5-1)14-22(26-27)16-9-11-17(12-10-16)24-25-21-7-3-4-8-23(21)28-24/h1-15H. The first-order valence-corrected chi connectivity index (χ1v) is 10.00. The van der Waals surface area contributed by atoms with E-state index in [-0.39, 0.29) is 0 Å². The Balaban J connectivity index is 1.40. The second kappa shape index (κ2) is 6.01. The van der Waals surface area contributed by atoms with Crippen LogP contribution in [0, 0.1) is 0 Å². The van der Waals surface area contributed by atoms with Gasteiger partial charge in [0, 0.05) is 22.7 Å². The third-order valence-electron chi connectivity index (χ3n) is 5.05. The second-order valence-electron chi connectivity index (χ2n) is 6.87. The van der Waals surface area contributed by atoms with Gasteiger partial charge in [-0.2, -0.15) is 5.10 Å². The van der Waals surface area contributed by atoms with Crippen molar-refractivity contribution in [2.24, 2.45) is 0 Å². The summed E-state index contributed by atoms with van der Waals surface area (Å²) in [6.07, 6.45) is 2.09. The first-order valence-electron chi connectivity index (χ1n) is 9.18. The molecule has 3 nitrogen and oxygen atoms in total. The molecule has 0 aliphatic carbocycles. The van der Waals surface area contributed by atoms with E-state index in [9.17, 15) is 0 Å². The lowest BCUT2D eigenvalue weighted by molar-refractivity contribution is 0.974. The van der Waals surface area contributed by atoms with Gasteiger partial charge >= 0.3 is 0 Å². The molecule has 0 amide bonds. The highest BCUT2D eigenvalue weighted by Crippen LogP contribution is 2.31. The topological polar surface area (TPSA) is 30.2 Å². The molecule has 0 aliphatic heterocycles. The number of aromatic nitrogens is 3. The van der Waals surface area contributed by atoms with Crippen LogP contribution in [0.3, 0.4) is 0 Å². The summed E-state index contributed by atoms with van der Waals surface area (Å²) in [5, 5.41) is 8.24. The maximum absolute atomic E-state index is 4.77. The molecule has 0 N–H and O–H groups in total. The maximum Gasteiger partial charge on any atom is 0.124 e. The molecule has 132 valence electrons. The van der Waals surface area contributed by atoms with Gasteiger partial charge in [-0.25, -0.2) is 9.50 Å². The van der Waals surface area contributed by atoms with E-state index in [0.29, 0.717) is 0 Å². The van der Waals surface area contributed by atoms with Crippen LogP contribution in [0.25, 0.3) is 48.3 Å². The van der Waals surface area contributed by atoms with Gasteiger partial charge in [0.05, 0.1) is 21.4 Å². The fourth-order valence-electron chi connectivity index (χ4n) is 3.59. The van der Waals surface area contributed by atoms with Gasteiger partial charge in [0.1, 0.15) is 5.01 Å². The average molecular weight is 377 g/mol. The predicted octanol–water partition coefficient (Wildman–Crippen LogP) is 6.43. The number of fused-ring (bicyclic) bond motifs is 3. The number of benzene rings is 3. The first kappa shape index (κ1) is 15.5. The summed E-state index contributed by atoms with van der Waals surface area (Å²) >= 11 is 1.73. The largest absolute Gasteiger partial charge is 0.240 e.